The molecule has 1 atom stereocenters. The van der Waals surface area contributed by atoms with Crippen LogP contribution in [0.2, 0.25) is 0 Å². The van der Waals surface area contributed by atoms with Gasteiger partial charge < -0.3 is 9.64 Å². The first-order valence-electron chi connectivity index (χ1n) is 5.55. The molecule has 1 rings (SSSR count). The van der Waals surface area contributed by atoms with Crippen LogP contribution in [0.1, 0.15) is 18.0 Å². The Bertz CT molecular complexity index is 416. The molecule has 0 heterocycles. The molecule has 0 saturated carbocycles. The quantitative estimate of drug-likeness (QED) is 0.457. The van der Waals surface area contributed by atoms with E-state index in [1.54, 1.807) is 23.4 Å². The number of aliphatic imine (C=N–C) groups is 1. The molecule has 1 unspecified atom stereocenters. The lowest BCUT2D eigenvalue weighted by molar-refractivity contribution is -0.141. The fourth-order valence-electron chi connectivity index (χ4n) is 1.40. The van der Waals surface area contributed by atoms with E-state index in [4.69, 9.17) is 0 Å². The number of esters is 1. The summed E-state index contributed by atoms with van der Waals surface area (Å²) >= 11 is 0. The number of nitrogens with zero attached hydrogens (tertiary/aromatic N) is 2. The lowest BCUT2D eigenvalue weighted by Gasteiger charge is -2.13. The van der Waals surface area contributed by atoms with Gasteiger partial charge in [-0.05, 0) is 17.7 Å². The van der Waals surface area contributed by atoms with Crippen LogP contribution in [-0.4, -0.2) is 38.4 Å². The van der Waals surface area contributed by atoms with E-state index in [0.29, 0.717) is 0 Å². The van der Waals surface area contributed by atoms with Crippen molar-refractivity contribution in [1.82, 2.24) is 4.90 Å². The second-order valence-corrected chi connectivity index (χ2v) is 4.08. The smallest absolute Gasteiger partial charge is 0.308 e. The number of halogens is 1. The van der Waals surface area contributed by atoms with Gasteiger partial charge in [-0.2, -0.15) is 0 Å². The Morgan fingerprint density at radius 2 is 2.06 bits per heavy atom. The lowest BCUT2D eigenvalue weighted by Crippen LogP contribution is -2.12. The minimum atomic E-state index is -0.361. The molecule has 0 aliphatic rings. The molecule has 0 aliphatic carbocycles. The van der Waals surface area contributed by atoms with E-state index in [9.17, 15) is 9.18 Å². The fraction of sp³-hybridized carbons (Fsp3) is 0.385. The monoisotopic (exact) mass is 252 g/mol. The Kier molecular flexibility index (Phi) is 5.30. The Labute approximate surface area is 106 Å². The zero-order valence-electron chi connectivity index (χ0n) is 10.8. The van der Waals surface area contributed by atoms with E-state index in [1.807, 2.05) is 14.1 Å². The maximum atomic E-state index is 12.9. The van der Waals surface area contributed by atoms with Gasteiger partial charge in [0, 0.05) is 14.1 Å². The summed E-state index contributed by atoms with van der Waals surface area (Å²) < 4.78 is 17.5. The van der Waals surface area contributed by atoms with E-state index < -0.39 is 0 Å². The minimum Gasteiger partial charge on any atom is -0.469 e. The molecule has 0 saturated heterocycles. The molecule has 0 radical (unpaired) electrons. The number of rotatable bonds is 5. The predicted molar refractivity (Wildman–Crippen MR) is 68.0 cm³/mol. The Morgan fingerprint density at radius 3 is 2.56 bits per heavy atom. The van der Waals surface area contributed by atoms with Gasteiger partial charge in [0.15, 0.2) is 0 Å². The van der Waals surface area contributed by atoms with Crippen molar-refractivity contribution in [3.63, 3.8) is 0 Å². The van der Waals surface area contributed by atoms with Crippen molar-refractivity contribution >= 4 is 12.3 Å². The van der Waals surface area contributed by atoms with Gasteiger partial charge in [0.05, 0.1) is 25.9 Å². The summed E-state index contributed by atoms with van der Waals surface area (Å²) in [7, 11) is 5.01. The second kappa shape index (κ2) is 6.74. The van der Waals surface area contributed by atoms with Crippen LogP contribution in [-0.2, 0) is 9.53 Å². The highest BCUT2D eigenvalue weighted by atomic mass is 19.1. The first kappa shape index (κ1) is 14.2. The van der Waals surface area contributed by atoms with Crippen LogP contribution in [0.3, 0.4) is 0 Å². The molecule has 18 heavy (non-hydrogen) atoms. The molecule has 0 aromatic heterocycles. The molecule has 0 N–H and O–H groups in total. The van der Waals surface area contributed by atoms with Gasteiger partial charge >= 0.3 is 5.97 Å². The van der Waals surface area contributed by atoms with Crippen LogP contribution in [0.25, 0.3) is 0 Å². The summed E-state index contributed by atoms with van der Waals surface area (Å²) in [5.41, 5.74) is 0.778. The molecule has 1 aromatic rings. The normalized spacial score (nSPS) is 12.4. The zero-order valence-corrected chi connectivity index (χ0v) is 10.8. The number of methoxy groups -OCH3 is 1. The zero-order chi connectivity index (χ0) is 13.5. The van der Waals surface area contributed by atoms with Gasteiger partial charge in [-0.3, -0.25) is 9.79 Å². The molecule has 0 aliphatic heterocycles. The highest BCUT2D eigenvalue weighted by Crippen LogP contribution is 2.21. The van der Waals surface area contributed by atoms with Gasteiger partial charge in [-0.15, -0.1) is 0 Å². The van der Waals surface area contributed by atoms with Crippen molar-refractivity contribution in [2.45, 2.75) is 12.5 Å². The predicted octanol–water partition coefficient (Wildman–Crippen LogP) is 2.02. The third kappa shape index (κ3) is 4.53. The summed E-state index contributed by atoms with van der Waals surface area (Å²) in [5.74, 6) is -0.660. The second-order valence-electron chi connectivity index (χ2n) is 4.08. The third-order valence-electron chi connectivity index (χ3n) is 2.32. The largest absolute Gasteiger partial charge is 0.469 e. The van der Waals surface area contributed by atoms with Crippen LogP contribution in [0, 0.1) is 5.82 Å². The van der Waals surface area contributed by atoms with Crippen molar-refractivity contribution in [3.8, 4) is 0 Å². The molecule has 0 bridgehead atoms. The van der Waals surface area contributed by atoms with Gasteiger partial charge in [0.2, 0.25) is 0 Å². The van der Waals surface area contributed by atoms with Gasteiger partial charge in [0.1, 0.15) is 5.82 Å². The Balaban J connectivity index is 2.88. The maximum Gasteiger partial charge on any atom is 0.308 e. The van der Waals surface area contributed by atoms with E-state index in [1.165, 1.54) is 19.2 Å². The van der Waals surface area contributed by atoms with Crippen LogP contribution in [0.15, 0.2) is 29.3 Å². The summed E-state index contributed by atoms with van der Waals surface area (Å²) in [5, 5.41) is 0. The molecule has 0 spiro atoms. The molecule has 0 amide bonds. The van der Waals surface area contributed by atoms with Crippen molar-refractivity contribution in [2.75, 3.05) is 21.2 Å². The van der Waals surface area contributed by atoms with Crippen LogP contribution < -0.4 is 0 Å². The molecular weight excluding hydrogens is 235 g/mol. The topological polar surface area (TPSA) is 41.9 Å². The van der Waals surface area contributed by atoms with E-state index in [2.05, 4.69) is 9.73 Å². The Morgan fingerprint density at radius 1 is 1.44 bits per heavy atom. The van der Waals surface area contributed by atoms with Crippen LogP contribution in [0.5, 0.6) is 0 Å². The van der Waals surface area contributed by atoms with Crippen molar-refractivity contribution < 1.29 is 13.9 Å². The third-order valence-corrected chi connectivity index (χ3v) is 2.32. The first-order valence-corrected chi connectivity index (χ1v) is 5.55. The number of carbonyl (C=O) groups is 1. The first-order chi connectivity index (χ1) is 8.52. The number of ether oxygens (including phenoxy) is 1. The van der Waals surface area contributed by atoms with Gasteiger partial charge in [-0.25, -0.2) is 4.39 Å². The fourth-order valence-corrected chi connectivity index (χ4v) is 1.40. The summed E-state index contributed by atoms with van der Waals surface area (Å²) in [6.45, 7) is 0. The number of benzene rings is 1. The maximum absolute atomic E-state index is 12.9. The average Bonchev–Trinajstić information content (AvgIpc) is 2.35. The number of hydrogen-bond acceptors (Lipinski definition) is 3. The molecule has 5 heteroatoms. The summed E-state index contributed by atoms with van der Waals surface area (Å²) in [6, 6.07) is 5.59. The minimum absolute atomic E-state index is 0.131. The van der Waals surface area contributed by atoms with Crippen LogP contribution in [0.4, 0.5) is 4.39 Å². The van der Waals surface area contributed by atoms with E-state index in [0.717, 1.165) is 5.56 Å². The van der Waals surface area contributed by atoms with Gasteiger partial charge in [0.25, 0.3) is 0 Å². The van der Waals surface area contributed by atoms with E-state index >= 15 is 0 Å². The summed E-state index contributed by atoms with van der Waals surface area (Å²) in [6.07, 6.45) is 1.75. The van der Waals surface area contributed by atoms with E-state index in [-0.39, 0.29) is 24.2 Å². The van der Waals surface area contributed by atoms with Crippen molar-refractivity contribution in [1.29, 1.82) is 0 Å². The highest BCUT2D eigenvalue weighted by Gasteiger charge is 2.15. The molecule has 98 valence electrons. The standard InChI is InChI=1S/C13H17FN2O2/c1-16(2)9-15-12(8-13(17)18-3)10-4-6-11(14)7-5-10/h4-7,9,12H,8H2,1-3H3. The molecule has 0 fully saturated rings. The van der Waals surface area contributed by atoms with Crippen molar-refractivity contribution in [3.05, 3.63) is 35.6 Å². The average molecular weight is 252 g/mol. The van der Waals surface area contributed by atoms with Crippen molar-refractivity contribution in [2.24, 2.45) is 4.99 Å². The Hall–Kier alpha value is -1.91. The molecular formula is C13H17FN2O2. The number of hydrogen-bond donors (Lipinski definition) is 0. The molecule has 4 nitrogen and oxygen atoms in total. The number of carbonyl (C=O) groups excluding carboxylic acids is 1. The molecule has 1 aromatic carbocycles. The van der Waals surface area contributed by atoms with Gasteiger partial charge in [-0.1, -0.05) is 12.1 Å². The highest BCUT2D eigenvalue weighted by molar-refractivity contribution is 5.70. The summed E-state index contributed by atoms with van der Waals surface area (Å²) in [4.78, 5) is 17.4. The lowest BCUT2D eigenvalue weighted by atomic mass is 10.0. The SMILES string of the molecule is COC(=O)CC(N=CN(C)C)c1ccc(F)cc1. The van der Waals surface area contributed by atoms with Crippen LogP contribution >= 0.6 is 0 Å².